The highest BCUT2D eigenvalue weighted by Crippen LogP contribution is 2.28. The molecule has 0 amide bonds. The summed E-state index contributed by atoms with van der Waals surface area (Å²) >= 11 is 12.1. The van der Waals surface area contributed by atoms with Crippen molar-refractivity contribution in [1.82, 2.24) is 9.97 Å². The first kappa shape index (κ1) is 13.0. The molecule has 100 valence electrons. The van der Waals surface area contributed by atoms with Gasteiger partial charge in [0.25, 0.3) is 0 Å². The Labute approximate surface area is 126 Å². The van der Waals surface area contributed by atoms with E-state index in [4.69, 9.17) is 23.2 Å². The Kier molecular flexibility index (Phi) is 3.63. The Morgan fingerprint density at radius 2 is 1.85 bits per heavy atom. The number of benzene rings is 1. The third-order valence-electron chi connectivity index (χ3n) is 2.86. The smallest absolute Gasteiger partial charge is 0.149 e. The van der Waals surface area contributed by atoms with Gasteiger partial charge in [-0.15, -0.1) is 0 Å². The molecule has 0 unspecified atom stereocenters. The van der Waals surface area contributed by atoms with E-state index < -0.39 is 0 Å². The van der Waals surface area contributed by atoms with Gasteiger partial charge in [-0.05, 0) is 42.5 Å². The third-order valence-corrected chi connectivity index (χ3v) is 3.40. The van der Waals surface area contributed by atoms with Crippen molar-refractivity contribution in [3.63, 3.8) is 0 Å². The standard InChI is InChI=1S/C15H11Cl2N3/c16-11-3-5-12(6-4-11)20-15-13(17)8-10(9-19-15)14-2-1-7-18-14/h1-9,18H,(H,19,20). The van der Waals surface area contributed by atoms with E-state index in [2.05, 4.69) is 15.3 Å². The Morgan fingerprint density at radius 3 is 2.50 bits per heavy atom. The molecule has 0 aliphatic heterocycles. The maximum atomic E-state index is 6.26. The molecular weight excluding hydrogens is 293 g/mol. The molecule has 2 aromatic heterocycles. The van der Waals surface area contributed by atoms with Crippen molar-refractivity contribution < 1.29 is 0 Å². The number of anilines is 2. The van der Waals surface area contributed by atoms with Gasteiger partial charge in [-0.1, -0.05) is 23.2 Å². The molecule has 0 radical (unpaired) electrons. The SMILES string of the molecule is Clc1ccc(Nc2ncc(-c3ccc[nH]3)cc2Cl)cc1. The van der Waals surface area contributed by atoms with Crippen LogP contribution in [0.1, 0.15) is 0 Å². The molecule has 5 heteroatoms. The summed E-state index contributed by atoms with van der Waals surface area (Å²) in [5.74, 6) is 0.615. The van der Waals surface area contributed by atoms with Crippen molar-refractivity contribution in [3.05, 3.63) is 64.9 Å². The highest BCUT2D eigenvalue weighted by atomic mass is 35.5. The fourth-order valence-electron chi connectivity index (χ4n) is 1.86. The number of nitrogens with one attached hydrogen (secondary N) is 2. The Hall–Kier alpha value is -1.97. The molecule has 20 heavy (non-hydrogen) atoms. The molecule has 3 aromatic rings. The van der Waals surface area contributed by atoms with Gasteiger partial charge >= 0.3 is 0 Å². The lowest BCUT2D eigenvalue weighted by Crippen LogP contribution is -1.94. The fourth-order valence-corrected chi connectivity index (χ4v) is 2.20. The first-order valence-corrected chi connectivity index (χ1v) is 6.80. The van der Waals surface area contributed by atoms with E-state index in [9.17, 15) is 0 Å². The second-order valence-corrected chi connectivity index (χ2v) is 5.11. The number of H-pyrrole nitrogens is 1. The molecule has 0 saturated heterocycles. The zero-order valence-electron chi connectivity index (χ0n) is 10.4. The Bertz CT molecular complexity index is 706. The van der Waals surface area contributed by atoms with Crippen LogP contribution >= 0.6 is 23.2 Å². The van der Waals surface area contributed by atoms with E-state index >= 15 is 0 Å². The second-order valence-electron chi connectivity index (χ2n) is 4.27. The van der Waals surface area contributed by atoms with Gasteiger partial charge in [-0.2, -0.15) is 0 Å². The third kappa shape index (κ3) is 2.79. The summed E-state index contributed by atoms with van der Waals surface area (Å²) in [6, 6.07) is 13.1. The highest BCUT2D eigenvalue weighted by molar-refractivity contribution is 6.33. The van der Waals surface area contributed by atoms with Gasteiger partial charge in [-0.25, -0.2) is 4.98 Å². The number of rotatable bonds is 3. The van der Waals surface area contributed by atoms with Gasteiger partial charge in [0.1, 0.15) is 5.82 Å². The topological polar surface area (TPSA) is 40.7 Å². The molecule has 2 N–H and O–H groups in total. The van der Waals surface area contributed by atoms with E-state index in [1.54, 1.807) is 6.20 Å². The molecule has 0 fully saturated rings. The number of aromatic nitrogens is 2. The van der Waals surface area contributed by atoms with Crippen LogP contribution in [0.5, 0.6) is 0 Å². The average Bonchev–Trinajstić information content (AvgIpc) is 2.97. The lowest BCUT2D eigenvalue weighted by atomic mass is 10.2. The van der Waals surface area contributed by atoms with Gasteiger partial charge in [0.05, 0.1) is 5.02 Å². The van der Waals surface area contributed by atoms with Gasteiger partial charge < -0.3 is 10.3 Å². The summed E-state index contributed by atoms with van der Waals surface area (Å²) < 4.78 is 0. The normalized spacial score (nSPS) is 10.5. The van der Waals surface area contributed by atoms with Crippen molar-refractivity contribution in [1.29, 1.82) is 0 Å². The van der Waals surface area contributed by atoms with E-state index in [1.165, 1.54) is 0 Å². The van der Waals surface area contributed by atoms with Crippen molar-refractivity contribution in [2.45, 2.75) is 0 Å². The lowest BCUT2D eigenvalue weighted by Gasteiger charge is -2.08. The molecule has 3 nitrogen and oxygen atoms in total. The van der Waals surface area contributed by atoms with Crippen LogP contribution < -0.4 is 5.32 Å². The van der Waals surface area contributed by atoms with Crippen LogP contribution in [0.3, 0.4) is 0 Å². The van der Waals surface area contributed by atoms with E-state index in [0.29, 0.717) is 15.9 Å². The largest absolute Gasteiger partial charge is 0.361 e. The summed E-state index contributed by atoms with van der Waals surface area (Å²) in [5.41, 5.74) is 2.82. The van der Waals surface area contributed by atoms with Crippen molar-refractivity contribution in [3.8, 4) is 11.3 Å². The summed E-state index contributed by atoms with van der Waals surface area (Å²) in [6.45, 7) is 0. The van der Waals surface area contributed by atoms with Crippen molar-refractivity contribution in [2.24, 2.45) is 0 Å². The number of pyridine rings is 1. The molecule has 3 rings (SSSR count). The quantitative estimate of drug-likeness (QED) is 0.704. The minimum absolute atomic E-state index is 0.562. The zero-order chi connectivity index (χ0) is 13.9. The van der Waals surface area contributed by atoms with Crippen LogP contribution in [0.4, 0.5) is 11.5 Å². The molecule has 0 saturated carbocycles. The van der Waals surface area contributed by atoms with Crippen LogP contribution in [-0.2, 0) is 0 Å². The summed E-state index contributed by atoms with van der Waals surface area (Å²) in [7, 11) is 0. The molecule has 0 atom stereocenters. The molecule has 0 spiro atoms. The minimum Gasteiger partial charge on any atom is -0.361 e. The van der Waals surface area contributed by atoms with E-state index in [1.807, 2.05) is 48.7 Å². The predicted molar refractivity (Wildman–Crippen MR) is 83.8 cm³/mol. The van der Waals surface area contributed by atoms with Crippen molar-refractivity contribution >= 4 is 34.7 Å². The van der Waals surface area contributed by atoms with E-state index in [-0.39, 0.29) is 0 Å². The minimum atomic E-state index is 0.562. The first-order valence-electron chi connectivity index (χ1n) is 6.04. The summed E-state index contributed by atoms with van der Waals surface area (Å²) in [4.78, 5) is 7.48. The van der Waals surface area contributed by atoms with Crippen LogP contribution in [0, 0.1) is 0 Å². The van der Waals surface area contributed by atoms with Crippen LogP contribution in [0.15, 0.2) is 54.9 Å². The fraction of sp³-hybridized carbons (Fsp3) is 0. The van der Waals surface area contributed by atoms with Gasteiger partial charge in [0.2, 0.25) is 0 Å². The first-order chi connectivity index (χ1) is 9.72. The predicted octanol–water partition coefficient (Wildman–Crippen LogP) is 5.13. The number of aromatic amines is 1. The van der Waals surface area contributed by atoms with Gasteiger partial charge in [0, 0.05) is 34.4 Å². The Balaban J connectivity index is 1.86. The highest BCUT2D eigenvalue weighted by Gasteiger charge is 2.06. The van der Waals surface area contributed by atoms with Crippen LogP contribution in [0.25, 0.3) is 11.3 Å². The molecule has 2 heterocycles. The molecule has 0 aliphatic carbocycles. The molecule has 1 aromatic carbocycles. The zero-order valence-corrected chi connectivity index (χ0v) is 11.9. The summed E-state index contributed by atoms with van der Waals surface area (Å²) in [5, 5.41) is 4.41. The van der Waals surface area contributed by atoms with Crippen LogP contribution in [0.2, 0.25) is 10.0 Å². The van der Waals surface area contributed by atoms with Crippen LogP contribution in [-0.4, -0.2) is 9.97 Å². The lowest BCUT2D eigenvalue weighted by molar-refractivity contribution is 1.29. The van der Waals surface area contributed by atoms with Crippen molar-refractivity contribution in [2.75, 3.05) is 5.32 Å². The average molecular weight is 304 g/mol. The number of nitrogens with zero attached hydrogens (tertiary/aromatic N) is 1. The number of hydrogen-bond donors (Lipinski definition) is 2. The van der Waals surface area contributed by atoms with Gasteiger partial charge in [0.15, 0.2) is 0 Å². The van der Waals surface area contributed by atoms with Gasteiger partial charge in [-0.3, -0.25) is 0 Å². The second kappa shape index (κ2) is 5.57. The number of halogens is 2. The maximum absolute atomic E-state index is 6.26. The Morgan fingerprint density at radius 1 is 1.05 bits per heavy atom. The number of hydrogen-bond acceptors (Lipinski definition) is 2. The van der Waals surface area contributed by atoms with E-state index in [0.717, 1.165) is 16.9 Å². The monoisotopic (exact) mass is 303 g/mol. The molecule has 0 aliphatic rings. The molecular formula is C15H11Cl2N3. The maximum Gasteiger partial charge on any atom is 0.149 e. The summed E-state index contributed by atoms with van der Waals surface area (Å²) in [6.07, 6.45) is 3.64. The molecule has 0 bridgehead atoms.